The lowest BCUT2D eigenvalue weighted by Crippen LogP contribution is -2.31. The maximum atomic E-state index is 12.0. The van der Waals surface area contributed by atoms with Gasteiger partial charge in [0.2, 0.25) is 0 Å². The fourth-order valence-electron chi connectivity index (χ4n) is 1.86. The van der Waals surface area contributed by atoms with E-state index in [4.69, 9.17) is 27.9 Å². The number of ether oxygens (including phenoxy) is 1. The van der Waals surface area contributed by atoms with Crippen molar-refractivity contribution in [2.75, 3.05) is 6.61 Å². The Balaban J connectivity index is 2.02. The smallest absolute Gasteiger partial charge is 0.256 e. The van der Waals surface area contributed by atoms with Gasteiger partial charge in [-0.25, -0.2) is 4.98 Å². The molecule has 22 heavy (non-hydrogen) atoms. The second kappa shape index (κ2) is 7.13. The highest BCUT2D eigenvalue weighted by atomic mass is 35.5. The van der Waals surface area contributed by atoms with Crippen LogP contribution >= 0.6 is 23.2 Å². The maximum absolute atomic E-state index is 12.0. The molecule has 0 aliphatic heterocycles. The zero-order valence-corrected chi connectivity index (χ0v) is 13.7. The summed E-state index contributed by atoms with van der Waals surface area (Å²) in [7, 11) is 0. The van der Waals surface area contributed by atoms with Crippen LogP contribution in [0.15, 0.2) is 29.3 Å². The molecule has 0 fully saturated rings. The third-order valence-corrected chi connectivity index (χ3v) is 3.79. The zero-order chi connectivity index (χ0) is 16.3. The molecular formula is C15H16Cl2N2O3. The topological polar surface area (TPSA) is 64.3 Å². The van der Waals surface area contributed by atoms with Gasteiger partial charge in [0.15, 0.2) is 0 Å². The van der Waals surface area contributed by atoms with E-state index in [-0.39, 0.29) is 18.7 Å². The number of benzene rings is 1. The number of rotatable bonds is 5. The molecule has 0 aliphatic rings. The maximum Gasteiger partial charge on any atom is 0.256 e. The van der Waals surface area contributed by atoms with Crippen LogP contribution in [0.25, 0.3) is 0 Å². The fraction of sp³-hybridized carbons (Fsp3) is 0.333. The van der Waals surface area contributed by atoms with E-state index >= 15 is 0 Å². The summed E-state index contributed by atoms with van der Waals surface area (Å²) in [6.45, 7) is 3.54. The van der Waals surface area contributed by atoms with Crippen LogP contribution in [0.2, 0.25) is 10.0 Å². The van der Waals surface area contributed by atoms with Crippen LogP contribution in [0.4, 0.5) is 0 Å². The predicted molar refractivity (Wildman–Crippen MR) is 85.9 cm³/mol. The van der Waals surface area contributed by atoms with E-state index in [1.165, 1.54) is 10.9 Å². The number of halogens is 2. The van der Waals surface area contributed by atoms with E-state index in [0.717, 1.165) is 0 Å². The first-order chi connectivity index (χ1) is 10.4. The molecule has 0 radical (unpaired) electrons. The number of nitrogens with zero attached hydrogens (tertiary/aromatic N) is 2. The summed E-state index contributed by atoms with van der Waals surface area (Å²) in [4.78, 5) is 16.1. The second-order valence-electron chi connectivity index (χ2n) is 4.95. The first-order valence-electron chi connectivity index (χ1n) is 6.67. The fourth-order valence-corrected chi connectivity index (χ4v) is 2.19. The summed E-state index contributed by atoms with van der Waals surface area (Å²) in [6, 6.07) is 4.83. The molecule has 1 atom stereocenters. The van der Waals surface area contributed by atoms with Crippen molar-refractivity contribution in [3.63, 3.8) is 0 Å². The van der Waals surface area contributed by atoms with Crippen LogP contribution in [-0.4, -0.2) is 27.4 Å². The predicted octanol–water partition coefficient (Wildman–Crippen LogP) is 2.61. The third kappa shape index (κ3) is 4.00. The molecule has 0 saturated carbocycles. The van der Waals surface area contributed by atoms with Gasteiger partial charge in [-0.2, -0.15) is 0 Å². The van der Waals surface area contributed by atoms with Gasteiger partial charge >= 0.3 is 0 Å². The molecule has 118 valence electrons. The van der Waals surface area contributed by atoms with Crippen molar-refractivity contribution in [3.8, 4) is 5.75 Å². The average molecular weight is 343 g/mol. The number of aliphatic hydroxyl groups is 1. The van der Waals surface area contributed by atoms with E-state index in [1.54, 1.807) is 32.0 Å². The normalized spacial score (nSPS) is 12.2. The highest BCUT2D eigenvalue weighted by Crippen LogP contribution is 2.27. The average Bonchev–Trinajstić information content (AvgIpc) is 2.49. The Hall–Kier alpha value is -1.56. The lowest BCUT2D eigenvalue weighted by molar-refractivity contribution is 0.0913. The minimum absolute atomic E-state index is 0.0145. The number of hydrogen-bond donors (Lipinski definition) is 1. The largest absolute Gasteiger partial charge is 0.489 e. The molecule has 2 rings (SSSR count). The van der Waals surface area contributed by atoms with Gasteiger partial charge in [-0.05, 0) is 26.0 Å². The van der Waals surface area contributed by atoms with E-state index in [9.17, 15) is 9.90 Å². The molecule has 0 unspecified atom stereocenters. The second-order valence-corrected chi connectivity index (χ2v) is 5.80. The molecule has 1 aromatic heterocycles. The van der Waals surface area contributed by atoms with Gasteiger partial charge in [0, 0.05) is 22.3 Å². The van der Waals surface area contributed by atoms with Gasteiger partial charge in [0.05, 0.1) is 17.9 Å². The molecule has 1 N–H and O–H groups in total. The van der Waals surface area contributed by atoms with Gasteiger partial charge in [-0.1, -0.05) is 23.2 Å². The number of aliphatic hydroxyl groups excluding tert-OH is 1. The summed E-state index contributed by atoms with van der Waals surface area (Å²) in [5, 5.41) is 10.9. The van der Waals surface area contributed by atoms with Gasteiger partial charge in [-0.3, -0.25) is 9.36 Å². The molecule has 0 bridgehead atoms. The van der Waals surface area contributed by atoms with Gasteiger partial charge in [0.1, 0.15) is 18.5 Å². The van der Waals surface area contributed by atoms with Crippen LogP contribution < -0.4 is 10.3 Å². The zero-order valence-electron chi connectivity index (χ0n) is 12.2. The molecule has 0 amide bonds. The van der Waals surface area contributed by atoms with Gasteiger partial charge in [0.25, 0.3) is 5.56 Å². The van der Waals surface area contributed by atoms with Crippen molar-refractivity contribution >= 4 is 23.2 Å². The summed E-state index contributed by atoms with van der Waals surface area (Å²) in [5.41, 5.74) is 1.07. The summed E-state index contributed by atoms with van der Waals surface area (Å²) < 4.78 is 6.80. The molecule has 0 spiro atoms. The molecule has 5 nitrogen and oxygen atoms in total. The minimum Gasteiger partial charge on any atom is -0.489 e. The molecule has 1 heterocycles. The molecule has 7 heteroatoms. The van der Waals surface area contributed by atoms with E-state index < -0.39 is 6.10 Å². The van der Waals surface area contributed by atoms with Gasteiger partial charge in [-0.15, -0.1) is 0 Å². The Bertz CT molecular complexity index is 731. The Morgan fingerprint density at radius 1 is 1.36 bits per heavy atom. The van der Waals surface area contributed by atoms with Crippen LogP contribution in [0.3, 0.4) is 0 Å². The van der Waals surface area contributed by atoms with Crippen molar-refractivity contribution in [2.45, 2.75) is 26.5 Å². The first kappa shape index (κ1) is 16.8. The Labute approximate surface area is 138 Å². The lowest BCUT2D eigenvalue weighted by atomic mass is 10.2. The van der Waals surface area contributed by atoms with Crippen LogP contribution in [-0.2, 0) is 6.54 Å². The summed E-state index contributed by atoms with van der Waals surface area (Å²) in [6.07, 6.45) is 0.539. The minimum atomic E-state index is -0.878. The van der Waals surface area contributed by atoms with Crippen LogP contribution in [0.1, 0.15) is 11.3 Å². The molecule has 1 aromatic carbocycles. The number of hydrogen-bond acceptors (Lipinski definition) is 4. The van der Waals surface area contributed by atoms with Crippen LogP contribution in [0.5, 0.6) is 5.75 Å². The summed E-state index contributed by atoms with van der Waals surface area (Å²) in [5.74, 6) is 0.388. The van der Waals surface area contributed by atoms with Crippen molar-refractivity contribution in [3.05, 3.63) is 56.2 Å². The monoisotopic (exact) mass is 342 g/mol. The highest BCUT2D eigenvalue weighted by molar-refractivity contribution is 6.34. The standard InChI is InChI=1S/C15H16Cl2N2O3/c1-9-10(2)18-8-19(15(9)21)6-12(20)7-22-14-5-11(16)3-4-13(14)17/h3-5,8,12,20H,6-7H2,1-2H3/t12-/m0/s1. The molecule has 0 saturated heterocycles. The van der Waals surface area contributed by atoms with Crippen molar-refractivity contribution in [1.29, 1.82) is 0 Å². The van der Waals surface area contributed by atoms with Gasteiger partial charge < -0.3 is 9.84 Å². The van der Waals surface area contributed by atoms with E-state index in [0.29, 0.717) is 27.1 Å². The quantitative estimate of drug-likeness (QED) is 0.906. The Morgan fingerprint density at radius 3 is 2.82 bits per heavy atom. The number of aromatic nitrogens is 2. The lowest BCUT2D eigenvalue weighted by Gasteiger charge is -2.15. The highest BCUT2D eigenvalue weighted by Gasteiger charge is 2.11. The molecule has 2 aromatic rings. The molecule has 0 aliphatic carbocycles. The Kier molecular flexibility index (Phi) is 5.45. The van der Waals surface area contributed by atoms with Crippen molar-refractivity contribution in [2.24, 2.45) is 0 Å². The number of aryl methyl sites for hydroxylation is 1. The summed E-state index contributed by atoms with van der Waals surface area (Å²) >= 11 is 11.8. The van der Waals surface area contributed by atoms with Crippen molar-refractivity contribution in [1.82, 2.24) is 9.55 Å². The van der Waals surface area contributed by atoms with E-state index in [1.807, 2.05) is 0 Å². The molecular weight excluding hydrogens is 327 g/mol. The first-order valence-corrected chi connectivity index (χ1v) is 7.42. The van der Waals surface area contributed by atoms with E-state index in [2.05, 4.69) is 4.98 Å². The van der Waals surface area contributed by atoms with Crippen molar-refractivity contribution < 1.29 is 9.84 Å². The Morgan fingerprint density at radius 2 is 2.09 bits per heavy atom. The SMILES string of the molecule is Cc1ncn(C[C@H](O)COc2cc(Cl)ccc2Cl)c(=O)c1C. The third-order valence-electron chi connectivity index (χ3n) is 3.25. The van der Waals surface area contributed by atoms with Crippen LogP contribution in [0, 0.1) is 13.8 Å².